The van der Waals surface area contributed by atoms with E-state index in [9.17, 15) is 13.5 Å². The molecule has 1 aliphatic heterocycles. The van der Waals surface area contributed by atoms with E-state index in [4.69, 9.17) is 0 Å². The standard InChI is InChI=1S/C14H17NO3S/c16-13-7-3-6-12-10(9-19(17,18)14(12)13)8-15-11-4-1-2-5-11/h3,6-7,9,11,15-16H,1-2,4-5,8H2. The van der Waals surface area contributed by atoms with Crippen molar-refractivity contribution in [3.05, 3.63) is 29.2 Å². The van der Waals surface area contributed by atoms with E-state index in [-0.39, 0.29) is 10.6 Å². The lowest BCUT2D eigenvalue weighted by atomic mass is 10.1. The Balaban J connectivity index is 1.86. The minimum absolute atomic E-state index is 0.0539. The highest BCUT2D eigenvalue weighted by atomic mass is 32.2. The molecule has 1 aromatic carbocycles. The zero-order valence-corrected chi connectivity index (χ0v) is 11.4. The molecule has 0 aromatic heterocycles. The van der Waals surface area contributed by atoms with Crippen molar-refractivity contribution in [3.8, 4) is 5.75 Å². The number of sulfone groups is 1. The quantitative estimate of drug-likeness (QED) is 0.888. The first-order valence-electron chi connectivity index (χ1n) is 6.59. The van der Waals surface area contributed by atoms with Crippen molar-refractivity contribution in [2.45, 2.75) is 36.6 Å². The van der Waals surface area contributed by atoms with Crippen molar-refractivity contribution in [2.75, 3.05) is 6.54 Å². The van der Waals surface area contributed by atoms with Crippen molar-refractivity contribution >= 4 is 15.4 Å². The molecule has 0 amide bonds. The van der Waals surface area contributed by atoms with Gasteiger partial charge in [0.25, 0.3) is 0 Å². The van der Waals surface area contributed by atoms with Crippen LogP contribution < -0.4 is 5.32 Å². The van der Waals surface area contributed by atoms with Gasteiger partial charge in [0.15, 0.2) is 0 Å². The molecule has 0 radical (unpaired) electrons. The zero-order valence-electron chi connectivity index (χ0n) is 10.6. The zero-order chi connectivity index (χ0) is 13.5. The normalized spacial score (nSPS) is 21.4. The molecular weight excluding hydrogens is 262 g/mol. The van der Waals surface area contributed by atoms with Gasteiger partial charge in [0.2, 0.25) is 9.84 Å². The number of benzene rings is 1. The van der Waals surface area contributed by atoms with E-state index in [1.807, 2.05) is 0 Å². The number of phenols is 1. The van der Waals surface area contributed by atoms with Crippen LogP contribution in [0.4, 0.5) is 0 Å². The van der Waals surface area contributed by atoms with Gasteiger partial charge in [0.1, 0.15) is 10.6 Å². The molecule has 4 nitrogen and oxygen atoms in total. The van der Waals surface area contributed by atoms with Gasteiger partial charge in [-0.25, -0.2) is 8.42 Å². The summed E-state index contributed by atoms with van der Waals surface area (Å²) in [4.78, 5) is 0.0539. The third kappa shape index (κ3) is 2.28. The van der Waals surface area contributed by atoms with Gasteiger partial charge in [-0.15, -0.1) is 0 Å². The van der Waals surface area contributed by atoms with E-state index in [1.54, 1.807) is 12.1 Å². The Morgan fingerprint density at radius 2 is 2.00 bits per heavy atom. The average Bonchev–Trinajstić information content (AvgIpc) is 2.94. The second-order valence-corrected chi connectivity index (χ2v) is 6.94. The highest BCUT2D eigenvalue weighted by Crippen LogP contribution is 2.38. The van der Waals surface area contributed by atoms with Crippen LogP contribution in [0, 0.1) is 0 Å². The molecule has 5 heteroatoms. The number of rotatable bonds is 3. The second kappa shape index (κ2) is 4.65. The van der Waals surface area contributed by atoms with Gasteiger partial charge in [-0.05, 0) is 24.5 Å². The maximum Gasteiger partial charge on any atom is 0.204 e. The predicted molar refractivity (Wildman–Crippen MR) is 73.5 cm³/mol. The van der Waals surface area contributed by atoms with E-state index in [0.717, 1.165) is 18.4 Å². The average molecular weight is 279 g/mol. The van der Waals surface area contributed by atoms with Crippen molar-refractivity contribution in [1.29, 1.82) is 0 Å². The SMILES string of the molecule is O=S1(=O)C=C(CNC2CCCC2)c2cccc(O)c21. The third-order valence-electron chi connectivity index (χ3n) is 3.86. The van der Waals surface area contributed by atoms with Crippen molar-refractivity contribution in [1.82, 2.24) is 5.32 Å². The van der Waals surface area contributed by atoms with Crippen LogP contribution >= 0.6 is 0 Å². The summed E-state index contributed by atoms with van der Waals surface area (Å²) >= 11 is 0. The maximum absolute atomic E-state index is 12.0. The number of nitrogens with one attached hydrogen (secondary N) is 1. The summed E-state index contributed by atoms with van der Waals surface area (Å²) in [6.07, 6.45) is 4.80. The monoisotopic (exact) mass is 279 g/mol. The van der Waals surface area contributed by atoms with Crippen molar-refractivity contribution in [3.63, 3.8) is 0 Å². The Morgan fingerprint density at radius 1 is 1.26 bits per heavy atom. The molecule has 1 saturated carbocycles. The Kier molecular flexibility index (Phi) is 3.11. The molecule has 0 spiro atoms. The Labute approximate surface area is 113 Å². The van der Waals surface area contributed by atoms with Crippen LogP contribution in [0.5, 0.6) is 5.75 Å². The number of aromatic hydroxyl groups is 1. The fraction of sp³-hybridized carbons (Fsp3) is 0.429. The smallest absolute Gasteiger partial charge is 0.204 e. The first-order valence-corrected chi connectivity index (χ1v) is 8.14. The Morgan fingerprint density at radius 3 is 2.74 bits per heavy atom. The molecule has 3 rings (SSSR count). The van der Waals surface area contributed by atoms with Gasteiger partial charge in [-0.2, -0.15) is 0 Å². The highest BCUT2D eigenvalue weighted by Gasteiger charge is 2.30. The minimum atomic E-state index is -3.48. The van der Waals surface area contributed by atoms with Gasteiger partial charge in [0.05, 0.1) is 0 Å². The van der Waals surface area contributed by atoms with Crippen LogP contribution in [-0.2, 0) is 9.84 Å². The van der Waals surface area contributed by atoms with Crippen LogP contribution in [0.15, 0.2) is 28.5 Å². The van der Waals surface area contributed by atoms with Crippen molar-refractivity contribution in [2.24, 2.45) is 0 Å². The van der Waals surface area contributed by atoms with E-state index >= 15 is 0 Å². The number of phenolic OH excluding ortho intramolecular Hbond substituents is 1. The van der Waals surface area contributed by atoms with Gasteiger partial charge in [-0.3, -0.25) is 0 Å². The molecule has 0 atom stereocenters. The largest absolute Gasteiger partial charge is 0.507 e. The fourth-order valence-electron chi connectivity index (χ4n) is 2.91. The summed E-state index contributed by atoms with van der Waals surface area (Å²) in [7, 11) is -3.48. The first-order chi connectivity index (χ1) is 9.08. The van der Waals surface area contributed by atoms with Crippen LogP contribution in [-0.4, -0.2) is 26.1 Å². The van der Waals surface area contributed by atoms with Gasteiger partial charge < -0.3 is 10.4 Å². The molecular formula is C14H17NO3S. The van der Waals surface area contributed by atoms with Crippen LogP contribution in [0.25, 0.3) is 5.57 Å². The fourth-order valence-corrected chi connectivity index (χ4v) is 4.48. The molecule has 0 bridgehead atoms. The molecule has 1 aliphatic carbocycles. The topological polar surface area (TPSA) is 66.4 Å². The lowest BCUT2D eigenvalue weighted by molar-refractivity contribution is 0.459. The summed E-state index contributed by atoms with van der Waals surface area (Å²) in [5, 5.41) is 14.4. The number of fused-ring (bicyclic) bond motifs is 1. The Bertz CT molecular complexity index is 628. The molecule has 0 unspecified atom stereocenters. The number of hydrogen-bond acceptors (Lipinski definition) is 4. The van der Waals surface area contributed by atoms with Crippen LogP contribution in [0.3, 0.4) is 0 Å². The molecule has 0 saturated heterocycles. The molecule has 102 valence electrons. The molecule has 1 fully saturated rings. The van der Waals surface area contributed by atoms with Crippen LogP contribution in [0.1, 0.15) is 31.2 Å². The van der Waals surface area contributed by atoms with Crippen molar-refractivity contribution < 1.29 is 13.5 Å². The summed E-state index contributed by atoms with van der Waals surface area (Å²) in [6, 6.07) is 5.34. The molecule has 2 aliphatic rings. The van der Waals surface area contributed by atoms with E-state index in [0.29, 0.717) is 18.2 Å². The Hall–Kier alpha value is -1.33. The van der Waals surface area contributed by atoms with E-state index in [1.165, 1.54) is 24.3 Å². The second-order valence-electron chi connectivity index (χ2n) is 5.20. The number of hydrogen-bond donors (Lipinski definition) is 2. The first kappa shape index (κ1) is 12.7. The van der Waals surface area contributed by atoms with E-state index in [2.05, 4.69) is 5.32 Å². The lowest BCUT2D eigenvalue weighted by Crippen LogP contribution is -2.27. The lowest BCUT2D eigenvalue weighted by Gasteiger charge is -2.12. The molecule has 19 heavy (non-hydrogen) atoms. The van der Waals surface area contributed by atoms with Crippen LogP contribution in [0.2, 0.25) is 0 Å². The predicted octanol–water partition coefficient (Wildman–Crippen LogP) is 2.05. The molecule has 1 aromatic rings. The summed E-state index contributed by atoms with van der Waals surface area (Å²) < 4.78 is 24.0. The van der Waals surface area contributed by atoms with Gasteiger partial charge in [0, 0.05) is 23.6 Å². The maximum atomic E-state index is 12.0. The van der Waals surface area contributed by atoms with E-state index < -0.39 is 9.84 Å². The highest BCUT2D eigenvalue weighted by molar-refractivity contribution is 7.95. The molecule has 2 N–H and O–H groups in total. The minimum Gasteiger partial charge on any atom is -0.507 e. The van der Waals surface area contributed by atoms with Gasteiger partial charge in [-0.1, -0.05) is 25.0 Å². The summed E-state index contributed by atoms with van der Waals surface area (Å²) in [6.45, 7) is 0.542. The summed E-state index contributed by atoms with van der Waals surface area (Å²) in [5.74, 6) is -0.162. The summed E-state index contributed by atoms with van der Waals surface area (Å²) in [5.41, 5.74) is 1.38. The van der Waals surface area contributed by atoms with Gasteiger partial charge >= 0.3 is 0 Å². The third-order valence-corrected chi connectivity index (χ3v) is 5.45. The molecule has 1 heterocycles.